The Hall–Kier alpha value is -1.45. The van der Waals surface area contributed by atoms with Crippen molar-refractivity contribution in [3.63, 3.8) is 0 Å². The number of carbonyl (C=O) groups excluding carboxylic acids is 1. The van der Waals surface area contributed by atoms with E-state index in [9.17, 15) is 13.6 Å². The number of nitrogens with one attached hydrogen (secondary N) is 1. The number of halogens is 2. The van der Waals surface area contributed by atoms with Crippen molar-refractivity contribution in [3.8, 4) is 0 Å². The van der Waals surface area contributed by atoms with Gasteiger partial charge in [-0.2, -0.15) is 0 Å². The van der Waals surface area contributed by atoms with Crippen molar-refractivity contribution < 1.29 is 13.6 Å². The van der Waals surface area contributed by atoms with Crippen molar-refractivity contribution in [2.24, 2.45) is 0 Å². The van der Waals surface area contributed by atoms with Crippen LogP contribution in [0.25, 0.3) is 0 Å². The molecule has 1 amide bonds. The molecular weight excluding hydrogens is 200 g/mol. The summed E-state index contributed by atoms with van der Waals surface area (Å²) in [6.07, 6.45) is 0.758. The van der Waals surface area contributed by atoms with E-state index >= 15 is 0 Å². The lowest BCUT2D eigenvalue weighted by Gasteiger charge is -2.11. The summed E-state index contributed by atoms with van der Waals surface area (Å²) >= 11 is 0. The minimum atomic E-state index is -0.837. The van der Waals surface area contributed by atoms with Gasteiger partial charge in [-0.3, -0.25) is 4.79 Å². The van der Waals surface area contributed by atoms with E-state index in [0.29, 0.717) is 6.07 Å². The Bertz CT molecular complexity index is 366. The zero-order valence-corrected chi connectivity index (χ0v) is 8.68. The third-order valence-corrected chi connectivity index (χ3v) is 2.17. The van der Waals surface area contributed by atoms with Gasteiger partial charge >= 0.3 is 0 Å². The van der Waals surface area contributed by atoms with Crippen molar-refractivity contribution in [2.45, 2.75) is 26.3 Å². The second kappa shape index (κ2) is 4.87. The Labute approximate surface area is 87.3 Å². The summed E-state index contributed by atoms with van der Waals surface area (Å²) in [6.45, 7) is 3.73. The fourth-order valence-electron chi connectivity index (χ4n) is 1.08. The lowest BCUT2D eigenvalue weighted by Crippen LogP contribution is -2.32. The molecule has 0 saturated heterocycles. The number of amides is 1. The maximum Gasteiger partial charge on any atom is 0.254 e. The van der Waals surface area contributed by atoms with E-state index in [1.54, 1.807) is 0 Å². The zero-order chi connectivity index (χ0) is 11.4. The molecule has 15 heavy (non-hydrogen) atoms. The minimum Gasteiger partial charge on any atom is -0.350 e. The van der Waals surface area contributed by atoms with Gasteiger partial charge in [-0.1, -0.05) is 6.92 Å². The predicted octanol–water partition coefficient (Wildman–Crippen LogP) is 2.49. The highest BCUT2D eigenvalue weighted by molar-refractivity contribution is 5.94. The molecule has 0 unspecified atom stereocenters. The first kappa shape index (κ1) is 11.6. The van der Waals surface area contributed by atoms with Crippen LogP contribution >= 0.6 is 0 Å². The molecule has 0 heterocycles. The van der Waals surface area contributed by atoms with Crippen LogP contribution in [0.2, 0.25) is 0 Å². The zero-order valence-electron chi connectivity index (χ0n) is 8.68. The summed E-state index contributed by atoms with van der Waals surface area (Å²) in [7, 11) is 0. The molecule has 1 aromatic carbocycles. The fourth-order valence-corrected chi connectivity index (χ4v) is 1.08. The van der Waals surface area contributed by atoms with Gasteiger partial charge in [0.15, 0.2) is 0 Å². The first-order valence-corrected chi connectivity index (χ1v) is 4.80. The van der Waals surface area contributed by atoms with Gasteiger partial charge in [0.25, 0.3) is 5.91 Å². The second-order valence-corrected chi connectivity index (χ2v) is 3.41. The van der Waals surface area contributed by atoms with Crippen LogP contribution in [-0.4, -0.2) is 11.9 Å². The van der Waals surface area contributed by atoms with Gasteiger partial charge in [0.05, 0.1) is 5.56 Å². The monoisotopic (exact) mass is 213 g/mol. The van der Waals surface area contributed by atoms with Crippen LogP contribution in [0.15, 0.2) is 18.2 Å². The number of carbonyl (C=O) groups is 1. The molecule has 4 heteroatoms. The van der Waals surface area contributed by atoms with E-state index in [2.05, 4.69) is 5.32 Å². The van der Waals surface area contributed by atoms with E-state index < -0.39 is 17.5 Å². The largest absolute Gasteiger partial charge is 0.350 e. The molecule has 0 aliphatic carbocycles. The van der Waals surface area contributed by atoms with Gasteiger partial charge in [0.1, 0.15) is 11.6 Å². The molecule has 82 valence electrons. The molecule has 1 rings (SSSR count). The third-order valence-electron chi connectivity index (χ3n) is 2.17. The summed E-state index contributed by atoms with van der Waals surface area (Å²) < 4.78 is 25.7. The molecule has 0 bridgehead atoms. The normalized spacial score (nSPS) is 12.3. The fraction of sp³-hybridized carbons (Fsp3) is 0.364. The quantitative estimate of drug-likeness (QED) is 0.821. The molecule has 0 radical (unpaired) electrons. The first-order valence-electron chi connectivity index (χ1n) is 4.80. The molecule has 1 aromatic rings. The van der Waals surface area contributed by atoms with Crippen LogP contribution in [0.1, 0.15) is 30.6 Å². The molecule has 0 saturated carbocycles. The van der Waals surface area contributed by atoms with Crippen LogP contribution in [0.4, 0.5) is 8.78 Å². The second-order valence-electron chi connectivity index (χ2n) is 3.41. The van der Waals surface area contributed by atoms with Crippen LogP contribution in [0, 0.1) is 11.6 Å². The van der Waals surface area contributed by atoms with E-state index in [1.165, 1.54) is 0 Å². The Balaban J connectivity index is 2.82. The molecule has 0 fully saturated rings. The Morgan fingerprint density at radius 1 is 1.47 bits per heavy atom. The highest BCUT2D eigenvalue weighted by Crippen LogP contribution is 2.09. The minimum absolute atomic E-state index is 0.0260. The molecule has 0 aliphatic rings. The smallest absolute Gasteiger partial charge is 0.254 e. The van der Waals surface area contributed by atoms with E-state index in [-0.39, 0.29) is 11.6 Å². The molecule has 2 nitrogen and oxygen atoms in total. The third kappa shape index (κ3) is 3.01. The van der Waals surface area contributed by atoms with E-state index in [4.69, 9.17) is 0 Å². The highest BCUT2D eigenvalue weighted by Gasteiger charge is 2.13. The van der Waals surface area contributed by atoms with Crippen molar-refractivity contribution in [1.82, 2.24) is 5.32 Å². The maximum atomic E-state index is 13.2. The van der Waals surface area contributed by atoms with Gasteiger partial charge in [0.2, 0.25) is 0 Å². The summed E-state index contributed by atoms with van der Waals surface area (Å²) in [5, 5.41) is 2.60. The van der Waals surface area contributed by atoms with Crippen molar-refractivity contribution in [1.29, 1.82) is 0 Å². The molecule has 1 N–H and O–H groups in total. The molecule has 0 aliphatic heterocycles. The number of hydrogen-bond acceptors (Lipinski definition) is 1. The maximum absolute atomic E-state index is 13.2. The SMILES string of the molecule is CC[C@@H](C)NC(=O)c1ccc(F)cc1F. The summed E-state index contributed by atoms with van der Waals surface area (Å²) in [5.74, 6) is -2.04. The lowest BCUT2D eigenvalue weighted by atomic mass is 10.1. The average molecular weight is 213 g/mol. The number of benzene rings is 1. The summed E-state index contributed by atoms with van der Waals surface area (Å²) in [5.41, 5.74) is -0.128. The van der Waals surface area contributed by atoms with Crippen LogP contribution in [0.3, 0.4) is 0 Å². The van der Waals surface area contributed by atoms with Crippen LogP contribution in [0.5, 0.6) is 0 Å². The Morgan fingerprint density at radius 3 is 2.67 bits per heavy atom. The molecule has 0 aromatic heterocycles. The Kier molecular flexibility index (Phi) is 3.77. The number of hydrogen-bond donors (Lipinski definition) is 1. The van der Waals surface area contributed by atoms with Crippen molar-refractivity contribution in [3.05, 3.63) is 35.4 Å². The van der Waals surface area contributed by atoms with E-state index in [1.807, 2.05) is 13.8 Å². The topological polar surface area (TPSA) is 29.1 Å². The number of rotatable bonds is 3. The summed E-state index contributed by atoms with van der Waals surface area (Å²) in [4.78, 5) is 11.5. The van der Waals surface area contributed by atoms with Crippen molar-refractivity contribution >= 4 is 5.91 Å². The van der Waals surface area contributed by atoms with E-state index in [0.717, 1.165) is 18.6 Å². The predicted molar refractivity (Wildman–Crippen MR) is 53.6 cm³/mol. The van der Waals surface area contributed by atoms with Crippen molar-refractivity contribution in [2.75, 3.05) is 0 Å². The first-order chi connectivity index (χ1) is 7.04. The molecular formula is C11H13F2NO. The lowest BCUT2D eigenvalue weighted by molar-refractivity contribution is 0.0935. The average Bonchev–Trinajstić information content (AvgIpc) is 2.17. The highest BCUT2D eigenvalue weighted by atomic mass is 19.1. The molecule has 0 spiro atoms. The Morgan fingerprint density at radius 2 is 2.13 bits per heavy atom. The van der Waals surface area contributed by atoms with Gasteiger partial charge < -0.3 is 5.32 Å². The van der Waals surface area contributed by atoms with Crippen LogP contribution in [-0.2, 0) is 0 Å². The van der Waals surface area contributed by atoms with Gasteiger partial charge in [-0.15, -0.1) is 0 Å². The summed E-state index contributed by atoms with van der Waals surface area (Å²) in [6, 6.07) is 2.88. The van der Waals surface area contributed by atoms with Gasteiger partial charge in [-0.05, 0) is 25.5 Å². The van der Waals surface area contributed by atoms with Gasteiger partial charge in [0, 0.05) is 12.1 Å². The van der Waals surface area contributed by atoms with Gasteiger partial charge in [-0.25, -0.2) is 8.78 Å². The standard InChI is InChI=1S/C11H13F2NO/c1-3-7(2)14-11(15)9-5-4-8(12)6-10(9)13/h4-7H,3H2,1-2H3,(H,14,15)/t7-/m1/s1. The van der Waals surface area contributed by atoms with Crippen LogP contribution < -0.4 is 5.32 Å². The molecule has 1 atom stereocenters.